The summed E-state index contributed by atoms with van der Waals surface area (Å²) in [6, 6.07) is 0. The number of aryl methyl sites for hydroxylation is 1. The maximum Gasteiger partial charge on any atom is 0.185 e. The van der Waals surface area contributed by atoms with Gasteiger partial charge in [0.1, 0.15) is 5.84 Å². The lowest BCUT2D eigenvalue weighted by molar-refractivity contribution is 0.317. The zero-order valence-electron chi connectivity index (χ0n) is 10.6. The predicted molar refractivity (Wildman–Crippen MR) is 71.9 cm³/mol. The molecule has 0 aliphatic heterocycles. The lowest BCUT2D eigenvalue weighted by atomic mass is 10.2. The molecule has 1 aromatic heterocycles. The van der Waals surface area contributed by atoms with Crippen molar-refractivity contribution in [2.24, 2.45) is 16.8 Å². The van der Waals surface area contributed by atoms with Crippen molar-refractivity contribution in [1.82, 2.24) is 4.98 Å². The van der Waals surface area contributed by atoms with Gasteiger partial charge in [0.25, 0.3) is 0 Å². The number of aromatic nitrogens is 1. The van der Waals surface area contributed by atoms with Crippen LogP contribution in [0, 0.1) is 12.8 Å². The van der Waals surface area contributed by atoms with E-state index in [0.29, 0.717) is 12.3 Å². The molecule has 0 aromatic carbocycles. The van der Waals surface area contributed by atoms with Gasteiger partial charge in [-0.25, -0.2) is 4.98 Å². The molecule has 1 heterocycles. The SMILES string of the molecule is Cc1csc(N(CCC(N)=NO)CC(C)C)n1. The number of anilines is 1. The van der Waals surface area contributed by atoms with Gasteiger partial charge in [-0.15, -0.1) is 11.3 Å². The molecule has 0 saturated heterocycles. The van der Waals surface area contributed by atoms with Crippen molar-refractivity contribution in [3.63, 3.8) is 0 Å². The van der Waals surface area contributed by atoms with E-state index < -0.39 is 0 Å². The van der Waals surface area contributed by atoms with Gasteiger partial charge < -0.3 is 15.8 Å². The Bertz CT molecular complexity index is 375. The standard InChI is InChI=1S/C11H20N4OS/c1-8(2)6-15(5-4-10(12)14-16)11-13-9(3)7-17-11/h7-8,16H,4-6H2,1-3H3,(H2,12,14). The van der Waals surface area contributed by atoms with Gasteiger partial charge in [0, 0.05) is 24.9 Å². The molecule has 3 N–H and O–H groups in total. The number of hydrogen-bond donors (Lipinski definition) is 2. The molecule has 0 fully saturated rings. The fourth-order valence-electron chi connectivity index (χ4n) is 1.49. The topological polar surface area (TPSA) is 74.7 Å². The van der Waals surface area contributed by atoms with Crippen LogP contribution in [-0.4, -0.2) is 29.1 Å². The van der Waals surface area contributed by atoms with Gasteiger partial charge in [0.2, 0.25) is 0 Å². The first-order valence-electron chi connectivity index (χ1n) is 5.66. The van der Waals surface area contributed by atoms with Crippen molar-refractivity contribution >= 4 is 22.3 Å². The first kappa shape index (κ1) is 13.8. The molecule has 0 spiro atoms. The van der Waals surface area contributed by atoms with E-state index in [2.05, 4.69) is 28.9 Å². The summed E-state index contributed by atoms with van der Waals surface area (Å²) >= 11 is 1.63. The van der Waals surface area contributed by atoms with Gasteiger partial charge in [0.15, 0.2) is 5.13 Å². The number of oxime groups is 1. The van der Waals surface area contributed by atoms with Crippen LogP contribution >= 0.6 is 11.3 Å². The molecule has 1 aromatic rings. The van der Waals surface area contributed by atoms with Gasteiger partial charge in [-0.05, 0) is 12.8 Å². The quantitative estimate of drug-likeness (QED) is 0.353. The van der Waals surface area contributed by atoms with Crippen LogP contribution in [0.25, 0.3) is 0 Å². The molecule has 0 saturated carbocycles. The Morgan fingerprint density at radius 2 is 2.35 bits per heavy atom. The first-order valence-corrected chi connectivity index (χ1v) is 6.54. The van der Waals surface area contributed by atoms with Crippen molar-refractivity contribution in [2.45, 2.75) is 27.2 Å². The van der Waals surface area contributed by atoms with Crippen LogP contribution in [0.1, 0.15) is 26.0 Å². The molecule has 0 aliphatic rings. The minimum atomic E-state index is 0.257. The second kappa shape index (κ2) is 6.44. The summed E-state index contributed by atoms with van der Waals surface area (Å²) < 4.78 is 0. The number of nitrogens with two attached hydrogens (primary N) is 1. The summed E-state index contributed by atoms with van der Waals surface area (Å²) in [6.07, 6.45) is 0.543. The number of amidine groups is 1. The molecular weight excluding hydrogens is 236 g/mol. The molecule has 0 bridgehead atoms. The summed E-state index contributed by atoms with van der Waals surface area (Å²) in [5.41, 5.74) is 6.52. The Balaban J connectivity index is 2.67. The number of hydrogen-bond acceptors (Lipinski definition) is 5. The Labute approximate surface area is 106 Å². The molecule has 0 amide bonds. The smallest absolute Gasteiger partial charge is 0.185 e. The highest BCUT2D eigenvalue weighted by molar-refractivity contribution is 7.13. The molecule has 0 atom stereocenters. The summed E-state index contributed by atoms with van der Waals surface area (Å²) in [6.45, 7) is 7.96. The number of thiazole rings is 1. The minimum absolute atomic E-state index is 0.257. The third-order valence-corrected chi connectivity index (χ3v) is 3.25. The van der Waals surface area contributed by atoms with Gasteiger partial charge in [-0.1, -0.05) is 19.0 Å². The van der Waals surface area contributed by atoms with Crippen molar-refractivity contribution in [3.8, 4) is 0 Å². The lowest BCUT2D eigenvalue weighted by Gasteiger charge is -2.23. The van der Waals surface area contributed by atoms with E-state index in [0.717, 1.165) is 23.9 Å². The largest absolute Gasteiger partial charge is 0.409 e. The molecule has 0 aliphatic carbocycles. The second-order valence-electron chi connectivity index (χ2n) is 4.45. The zero-order valence-corrected chi connectivity index (χ0v) is 11.4. The Hall–Kier alpha value is -1.30. The molecular formula is C11H20N4OS. The highest BCUT2D eigenvalue weighted by Gasteiger charge is 2.12. The maximum atomic E-state index is 8.54. The minimum Gasteiger partial charge on any atom is -0.409 e. The Kier molecular flexibility index (Phi) is 5.21. The van der Waals surface area contributed by atoms with Gasteiger partial charge in [0.05, 0.1) is 5.69 Å². The van der Waals surface area contributed by atoms with Gasteiger partial charge in [-0.2, -0.15) is 0 Å². The van der Waals surface area contributed by atoms with E-state index in [1.165, 1.54) is 0 Å². The summed E-state index contributed by atoms with van der Waals surface area (Å²) in [5.74, 6) is 0.804. The van der Waals surface area contributed by atoms with Crippen molar-refractivity contribution in [2.75, 3.05) is 18.0 Å². The predicted octanol–water partition coefficient (Wildman–Crippen LogP) is 2.05. The highest BCUT2D eigenvalue weighted by Crippen LogP contribution is 2.21. The van der Waals surface area contributed by atoms with Crippen LogP contribution in [0.2, 0.25) is 0 Å². The van der Waals surface area contributed by atoms with E-state index in [-0.39, 0.29) is 5.84 Å². The van der Waals surface area contributed by atoms with Gasteiger partial charge >= 0.3 is 0 Å². The van der Waals surface area contributed by atoms with Crippen LogP contribution in [-0.2, 0) is 0 Å². The Morgan fingerprint density at radius 1 is 1.65 bits per heavy atom. The molecule has 1 rings (SSSR count). The maximum absolute atomic E-state index is 8.54. The third kappa shape index (κ3) is 4.60. The van der Waals surface area contributed by atoms with Crippen LogP contribution in [0.5, 0.6) is 0 Å². The second-order valence-corrected chi connectivity index (χ2v) is 5.29. The van der Waals surface area contributed by atoms with E-state index in [1.807, 2.05) is 12.3 Å². The monoisotopic (exact) mass is 256 g/mol. The number of rotatable bonds is 6. The van der Waals surface area contributed by atoms with E-state index >= 15 is 0 Å². The fraction of sp³-hybridized carbons (Fsp3) is 0.636. The summed E-state index contributed by atoms with van der Waals surface area (Å²) in [5, 5.41) is 14.6. The molecule has 5 nitrogen and oxygen atoms in total. The normalized spacial score (nSPS) is 12.1. The fourth-order valence-corrected chi connectivity index (χ4v) is 2.33. The van der Waals surface area contributed by atoms with Crippen molar-refractivity contribution in [3.05, 3.63) is 11.1 Å². The van der Waals surface area contributed by atoms with E-state index in [9.17, 15) is 0 Å². The molecule has 6 heteroatoms. The van der Waals surface area contributed by atoms with Crippen LogP contribution in [0.3, 0.4) is 0 Å². The lowest BCUT2D eigenvalue weighted by Crippen LogP contribution is -2.31. The average Bonchev–Trinajstić information content (AvgIpc) is 2.70. The van der Waals surface area contributed by atoms with Crippen LogP contribution < -0.4 is 10.6 Å². The van der Waals surface area contributed by atoms with Crippen LogP contribution in [0.4, 0.5) is 5.13 Å². The average molecular weight is 256 g/mol. The molecule has 0 radical (unpaired) electrons. The van der Waals surface area contributed by atoms with E-state index in [1.54, 1.807) is 11.3 Å². The van der Waals surface area contributed by atoms with Crippen molar-refractivity contribution < 1.29 is 5.21 Å². The van der Waals surface area contributed by atoms with Crippen molar-refractivity contribution in [1.29, 1.82) is 0 Å². The molecule has 96 valence electrons. The molecule has 17 heavy (non-hydrogen) atoms. The first-order chi connectivity index (χ1) is 8.02. The van der Waals surface area contributed by atoms with Gasteiger partial charge in [-0.3, -0.25) is 0 Å². The highest BCUT2D eigenvalue weighted by atomic mass is 32.1. The summed E-state index contributed by atoms with van der Waals surface area (Å²) in [4.78, 5) is 6.65. The van der Waals surface area contributed by atoms with E-state index in [4.69, 9.17) is 10.9 Å². The molecule has 0 unspecified atom stereocenters. The Morgan fingerprint density at radius 3 is 2.82 bits per heavy atom. The zero-order chi connectivity index (χ0) is 12.8. The van der Waals surface area contributed by atoms with Crippen LogP contribution in [0.15, 0.2) is 10.5 Å². The summed E-state index contributed by atoms with van der Waals surface area (Å²) in [7, 11) is 0. The number of nitrogens with zero attached hydrogens (tertiary/aromatic N) is 3. The third-order valence-electron chi connectivity index (χ3n) is 2.23.